The standard InChI is InChI=1S/C14H18O2/c1-11-7-3-5-9-13(11)12(2)8-4-6-10-14(15)16/h3,5,7-9H,4,6,10H2,1-2H3,(H,15,16)/b12-8+. The van der Waals surface area contributed by atoms with Gasteiger partial charge in [-0.05, 0) is 43.4 Å². The molecule has 2 heteroatoms. The summed E-state index contributed by atoms with van der Waals surface area (Å²) in [6.07, 6.45) is 3.90. The SMILES string of the molecule is C/C(=C\CCCC(=O)O)c1ccccc1C. The highest BCUT2D eigenvalue weighted by Crippen LogP contribution is 2.18. The molecule has 0 radical (unpaired) electrons. The molecule has 0 aromatic heterocycles. The molecule has 1 rings (SSSR count). The molecule has 0 bridgehead atoms. The van der Waals surface area contributed by atoms with Crippen molar-refractivity contribution in [2.24, 2.45) is 0 Å². The molecule has 0 amide bonds. The Bertz CT molecular complexity index is 391. The van der Waals surface area contributed by atoms with E-state index in [-0.39, 0.29) is 6.42 Å². The first-order valence-corrected chi connectivity index (χ1v) is 5.56. The largest absolute Gasteiger partial charge is 0.481 e. The van der Waals surface area contributed by atoms with Crippen LogP contribution in [0, 0.1) is 6.92 Å². The minimum Gasteiger partial charge on any atom is -0.481 e. The lowest BCUT2D eigenvalue weighted by atomic mass is 10.0. The summed E-state index contributed by atoms with van der Waals surface area (Å²) in [6, 6.07) is 8.23. The van der Waals surface area contributed by atoms with Gasteiger partial charge in [0.25, 0.3) is 0 Å². The van der Waals surface area contributed by atoms with Crippen molar-refractivity contribution in [1.29, 1.82) is 0 Å². The Hall–Kier alpha value is -1.57. The van der Waals surface area contributed by atoms with E-state index in [1.807, 2.05) is 12.1 Å². The molecule has 1 N–H and O–H groups in total. The van der Waals surface area contributed by atoms with E-state index in [0.29, 0.717) is 6.42 Å². The van der Waals surface area contributed by atoms with Crippen molar-refractivity contribution in [3.05, 3.63) is 41.5 Å². The number of unbranched alkanes of at least 4 members (excludes halogenated alkanes) is 1. The van der Waals surface area contributed by atoms with Crippen molar-refractivity contribution in [3.8, 4) is 0 Å². The Morgan fingerprint density at radius 3 is 2.69 bits per heavy atom. The van der Waals surface area contributed by atoms with Gasteiger partial charge < -0.3 is 5.11 Å². The van der Waals surface area contributed by atoms with Crippen LogP contribution in [-0.2, 0) is 4.79 Å². The zero-order valence-electron chi connectivity index (χ0n) is 9.86. The number of carboxylic acid groups (broad SMARTS) is 1. The van der Waals surface area contributed by atoms with E-state index >= 15 is 0 Å². The van der Waals surface area contributed by atoms with Crippen molar-refractivity contribution in [1.82, 2.24) is 0 Å². The zero-order chi connectivity index (χ0) is 12.0. The van der Waals surface area contributed by atoms with Gasteiger partial charge in [-0.1, -0.05) is 30.3 Å². The van der Waals surface area contributed by atoms with E-state index in [9.17, 15) is 4.79 Å². The van der Waals surface area contributed by atoms with Gasteiger partial charge in [0.1, 0.15) is 0 Å². The summed E-state index contributed by atoms with van der Waals surface area (Å²) in [6.45, 7) is 4.16. The average molecular weight is 218 g/mol. The molecule has 0 saturated heterocycles. The van der Waals surface area contributed by atoms with E-state index in [2.05, 4.69) is 32.1 Å². The highest BCUT2D eigenvalue weighted by atomic mass is 16.4. The highest BCUT2D eigenvalue weighted by Gasteiger charge is 1.99. The molecule has 0 aliphatic carbocycles. The van der Waals surface area contributed by atoms with Crippen LogP contribution >= 0.6 is 0 Å². The molecule has 0 fully saturated rings. The molecule has 0 unspecified atom stereocenters. The van der Waals surface area contributed by atoms with E-state index in [1.165, 1.54) is 16.7 Å². The van der Waals surface area contributed by atoms with Crippen LogP contribution in [0.5, 0.6) is 0 Å². The topological polar surface area (TPSA) is 37.3 Å². The Kier molecular flexibility index (Phi) is 4.77. The lowest BCUT2D eigenvalue weighted by Gasteiger charge is -2.05. The number of hydrogen-bond acceptors (Lipinski definition) is 1. The maximum absolute atomic E-state index is 10.3. The first-order chi connectivity index (χ1) is 7.61. The van der Waals surface area contributed by atoms with Crippen molar-refractivity contribution in [2.75, 3.05) is 0 Å². The van der Waals surface area contributed by atoms with Gasteiger partial charge in [-0.3, -0.25) is 4.79 Å². The van der Waals surface area contributed by atoms with Crippen LogP contribution in [0.15, 0.2) is 30.3 Å². The van der Waals surface area contributed by atoms with Gasteiger partial charge in [0.15, 0.2) is 0 Å². The number of carboxylic acids is 1. The zero-order valence-corrected chi connectivity index (χ0v) is 9.86. The van der Waals surface area contributed by atoms with Gasteiger partial charge in [0.2, 0.25) is 0 Å². The van der Waals surface area contributed by atoms with Crippen molar-refractivity contribution in [3.63, 3.8) is 0 Å². The third kappa shape index (κ3) is 3.89. The second-order valence-electron chi connectivity index (χ2n) is 3.99. The van der Waals surface area contributed by atoms with Gasteiger partial charge in [-0.2, -0.15) is 0 Å². The van der Waals surface area contributed by atoms with Crippen LogP contribution in [0.2, 0.25) is 0 Å². The number of allylic oxidation sites excluding steroid dienone is 2. The number of carbonyl (C=O) groups is 1. The molecule has 0 aliphatic rings. The molecule has 86 valence electrons. The third-order valence-corrected chi connectivity index (χ3v) is 2.62. The van der Waals surface area contributed by atoms with E-state index < -0.39 is 5.97 Å². The minimum absolute atomic E-state index is 0.248. The summed E-state index contributed by atoms with van der Waals surface area (Å²) < 4.78 is 0. The Morgan fingerprint density at radius 2 is 2.06 bits per heavy atom. The fourth-order valence-electron chi connectivity index (χ4n) is 1.70. The van der Waals surface area contributed by atoms with Crippen LogP contribution in [0.3, 0.4) is 0 Å². The number of benzene rings is 1. The van der Waals surface area contributed by atoms with E-state index in [1.54, 1.807) is 0 Å². The molecule has 16 heavy (non-hydrogen) atoms. The predicted octanol–water partition coefficient (Wildman–Crippen LogP) is 3.65. The minimum atomic E-state index is -0.720. The summed E-state index contributed by atoms with van der Waals surface area (Å²) in [5.74, 6) is -0.720. The summed E-state index contributed by atoms with van der Waals surface area (Å²) >= 11 is 0. The maximum atomic E-state index is 10.3. The quantitative estimate of drug-likeness (QED) is 0.766. The average Bonchev–Trinajstić information content (AvgIpc) is 2.24. The lowest BCUT2D eigenvalue weighted by Crippen LogP contribution is -1.93. The van der Waals surface area contributed by atoms with Crippen LogP contribution < -0.4 is 0 Å². The molecule has 1 aromatic carbocycles. The van der Waals surface area contributed by atoms with E-state index in [0.717, 1.165) is 6.42 Å². The fraction of sp³-hybridized carbons (Fsp3) is 0.357. The molecule has 1 aromatic rings. The van der Waals surface area contributed by atoms with Gasteiger partial charge in [-0.15, -0.1) is 0 Å². The molecule has 0 atom stereocenters. The van der Waals surface area contributed by atoms with Gasteiger partial charge in [0.05, 0.1) is 0 Å². The second kappa shape index (κ2) is 6.11. The van der Waals surface area contributed by atoms with Crippen LogP contribution in [-0.4, -0.2) is 11.1 Å². The van der Waals surface area contributed by atoms with Crippen molar-refractivity contribution in [2.45, 2.75) is 33.1 Å². The first-order valence-electron chi connectivity index (χ1n) is 5.56. The van der Waals surface area contributed by atoms with E-state index in [4.69, 9.17) is 5.11 Å². The highest BCUT2D eigenvalue weighted by molar-refractivity contribution is 5.67. The van der Waals surface area contributed by atoms with Crippen molar-refractivity contribution < 1.29 is 9.90 Å². The summed E-state index contributed by atoms with van der Waals surface area (Å²) in [7, 11) is 0. The Labute approximate surface area is 96.6 Å². The summed E-state index contributed by atoms with van der Waals surface area (Å²) in [4.78, 5) is 10.3. The number of rotatable bonds is 5. The van der Waals surface area contributed by atoms with Crippen LogP contribution in [0.1, 0.15) is 37.3 Å². The molecule has 0 spiro atoms. The Balaban J connectivity index is 2.57. The lowest BCUT2D eigenvalue weighted by molar-refractivity contribution is -0.137. The fourth-order valence-corrected chi connectivity index (χ4v) is 1.70. The summed E-state index contributed by atoms with van der Waals surface area (Å²) in [5, 5.41) is 8.52. The normalized spacial score (nSPS) is 11.5. The van der Waals surface area contributed by atoms with Gasteiger partial charge in [0, 0.05) is 6.42 Å². The van der Waals surface area contributed by atoms with Gasteiger partial charge in [-0.25, -0.2) is 0 Å². The van der Waals surface area contributed by atoms with Crippen LogP contribution in [0.4, 0.5) is 0 Å². The second-order valence-corrected chi connectivity index (χ2v) is 3.99. The molecular weight excluding hydrogens is 200 g/mol. The summed E-state index contributed by atoms with van der Waals surface area (Å²) in [5.41, 5.74) is 3.73. The predicted molar refractivity (Wildman–Crippen MR) is 66.3 cm³/mol. The molecule has 2 nitrogen and oxygen atoms in total. The molecular formula is C14H18O2. The number of hydrogen-bond donors (Lipinski definition) is 1. The monoisotopic (exact) mass is 218 g/mol. The molecule has 0 saturated carbocycles. The Morgan fingerprint density at radius 1 is 1.38 bits per heavy atom. The molecule has 0 heterocycles. The molecule has 0 aliphatic heterocycles. The van der Waals surface area contributed by atoms with Crippen LogP contribution in [0.25, 0.3) is 5.57 Å². The maximum Gasteiger partial charge on any atom is 0.303 e. The number of aliphatic carboxylic acids is 1. The first kappa shape index (κ1) is 12.5. The number of aryl methyl sites for hydroxylation is 1. The third-order valence-electron chi connectivity index (χ3n) is 2.62. The van der Waals surface area contributed by atoms with Crippen molar-refractivity contribution >= 4 is 11.5 Å². The smallest absolute Gasteiger partial charge is 0.303 e. The van der Waals surface area contributed by atoms with Gasteiger partial charge >= 0.3 is 5.97 Å².